The maximum absolute atomic E-state index is 12.2. The molecule has 0 atom stereocenters. The number of anilines is 1. The fourth-order valence-corrected chi connectivity index (χ4v) is 2.10. The number of nitrogens with one attached hydrogen (secondary N) is 1. The van der Waals surface area contributed by atoms with E-state index >= 15 is 0 Å². The zero-order valence-corrected chi connectivity index (χ0v) is 12.5. The van der Waals surface area contributed by atoms with E-state index in [9.17, 15) is 4.79 Å². The van der Waals surface area contributed by atoms with Crippen molar-refractivity contribution in [3.8, 4) is 0 Å². The minimum Gasteiger partial charge on any atom is -0.322 e. The van der Waals surface area contributed by atoms with Gasteiger partial charge in [0, 0.05) is 11.3 Å². The number of hydrogen-bond donors (Lipinski definition) is 1. The van der Waals surface area contributed by atoms with Crippen LogP contribution < -0.4 is 5.32 Å². The molecule has 0 aliphatic heterocycles. The summed E-state index contributed by atoms with van der Waals surface area (Å²) in [5.41, 5.74) is 5.10. The Morgan fingerprint density at radius 3 is 2.25 bits per heavy atom. The molecular weight excluding hydrogens is 246 g/mol. The summed E-state index contributed by atoms with van der Waals surface area (Å²) < 4.78 is 0. The van der Waals surface area contributed by atoms with E-state index in [0.29, 0.717) is 11.5 Å². The van der Waals surface area contributed by atoms with Crippen molar-refractivity contribution in [2.75, 3.05) is 5.32 Å². The minimum atomic E-state index is -0.0611. The molecule has 0 saturated heterocycles. The van der Waals surface area contributed by atoms with Crippen molar-refractivity contribution in [3.05, 3.63) is 64.7 Å². The first-order valence-electron chi connectivity index (χ1n) is 6.96. The fraction of sp³-hybridized carbons (Fsp3) is 0.278. The van der Waals surface area contributed by atoms with Crippen LogP contribution in [0.15, 0.2) is 42.5 Å². The SMILES string of the molecule is Cc1cccc(NC(=O)c2ccc(C(C)C)cc2)c1C. The highest BCUT2D eigenvalue weighted by Crippen LogP contribution is 2.20. The summed E-state index contributed by atoms with van der Waals surface area (Å²) in [5, 5.41) is 2.98. The van der Waals surface area contributed by atoms with Crippen molar-refractivity contribution in [1.82, 2.24) is 0 Å². The monoisotopic (exact) mass is 267 g/mol. The second-order valence-corrected chi connectivity index (χ2v) is 5.48. The molecule has 1 N–H and O–H groups in total. The molecule has 2 nitrogen and oxygen atoms in total. The molecule has 0 bridgehead atoms. The Kier molecular flexibility index (Phi) is 4.23. The van der Waals surface area contributed by atoms with E-state index in [0.717, 1.165) is 11.3 Å². The second-order valence-electron chi connectivity index (χ2n) is 5.48. The standard InChI is InChI=1S/C18H21NO/c1-12(2)15-8-10-16(11-9-15)18(20)19-17-7-5-6-13(3)14(17)4/h5-12H,1-4H3,(H,19,20). The molecule has 0 aliphatic carbocycles. The number of carbonyl (C=O) groups is 1. The van der Waals surface area contributed by atoms with Crippen LogP contribution in [-0.2, 0) is 0 Å². The van der Waals surface area contributed by atoms with E-state index in [1.165, 1.54) is 11.1 Å². The smallest absolute Gasteiger partial charge is 0.255 e. The topological polar surface area (TPSA) is 29.1 Å². The number of carbonyl (C=O) groups excluding carboxylic acids is 1. The van der Waals surface area contributed by atoms with Gasteiger partial charge in [0.1, 0.15) is 0 Å². The van der Waals surface area contributed by atoms with Gasteiger partial charge in [-0.15, -0.1) is 0 Å². The van der Waals surface area contributed by atoms with Crippen molar-refractivity contribution in [2.24, 2.45) is 0 Å². The van der Waals surface area contributed by atoms with E-state index in [4.69, 9.17) is 0 Å². The van der Waals surface area contributed by atoms with Gasteiger partial charge in [-0.3, -0.25) is 4.79 Å². The van der Waals surface area contributed by atoms with Crippen LogP contribution in [0.3, 0.4) is 0 Å². The Labute approximate surface area is 120 Å². The average molecular weight is 267 g/mol. The molecule has 2 aromatic rings. The molecule has 2 aromatic carbocycles. The molecule has 1 amide bonds. The predicted octanol–water partition coefficient (Wildman–Crippen LogP) is 4.68. The van der Waals surface area contributed by atoms with Gasteiger partial charge in [-0.1, -0.05) is 38.1 Å². The Hall–Kier alpha value is -2.09. The van der Waals surface area contributed by atoms with E-state index in [-0.39, 0.29) is 5.91 Å². The number of benzene rings is 2. The lowest BCUT2D eigenvalue weighted by Crippen LogP contribution is -2.13. The average Bonchev–Trinajstić information content (AvgIpc) is 2.44. The molecule has 2 heteroatoms. The molecule has 20 heavy (non-hydrogen) atoms. The third kappa shape index (κ3) is 3.08. The minimum absolute atomic E-state index is 0.0611. The third-order valence-electron chi connectivity index (χ3n) is 3.69. The van der Waals surface area contributed by atoms with Gasteiger partial charge in [0.15, 0.2) is 0 Å². The van der Waals surface area contributed by atoms with E-state index in [1.807, 2.05) is 56.3 Å². The molecule has 0 fully saturated rings. The number of amides is 1. The van der Waals surface area contributed by atoms with Crippen molar-refractivity contribution >= 4 is 11.6 Å². The summed E-state index contributed by atoms with van der Waals surface area (Å²) in [6.45, 7) is 8.35. The molecule has 0 saturated carbocycles. The molecule has 104 valence electrons. The van der Waals surface area contributed by atoms with Crippen molar-refractivity contribution < 1.29 is 4.79 Å². The molecular formula is C18H21NO. The van der Waals surface area contributed by atoms with Crippen LogP contribution in [0.5, 0.6) is 0 Å². The lowest BCUT2D eigenvalue weighted by atomic mass is 10.0. The maximum atomic E-state index is 12.2. The van der Waals surface area contributed by atoms with Crippen molar-refractivity contribution in [3.63, 3.8) is 0 Å². The Morgan fingerprint density at radius 2 is 1.65 bits per heavy atom. The highest BCUT2D eigenvalue weighted by molar-refractivity contribution is 6.04. The molecule has 0 aliphatic rings. The largest absolute Gasteiger partial charge is 0.322 e. The summed E-state index contributed by atoms with van der Waals surface area (Å²) in [6.07, 6.45) is 0. The van der Waals surface area contributed by atoms with Crippen LogP contribution in [0, 0.1) is 13.8 Å². The van der Waals surface area contributed by atoms with Crippen LogP contribution in [0.1, 0.15) is 46.8 Å². The first-order chi connectivity index (χ1) is 9.49. The van der Waals surface area contributed by atoms with E-state index in [1.54, 1.807) is 0 Å². The lowest BCUT2D eigenvalue weighted by Gasteiger charge is -2.11. The molecule has 0 spiro atoms. The van der Waals surface area contributed by atoms with Gasteiger partial charge in [-0.25, -0.2) is 0 Å². The van der Waals surface area contributed by atoms with Gasteiger partial charge in [0.2, 0.25) is 0 Å². The third-order valence-corrected chi connectivity index (χ3v) is 3.69. The molecule has 0 aromatic heterocycles. The summed E-state index contributed by atoms with van der Waals surface area (Å²) in [6, 6.07) is 13.7. The van der Waals surface area contributed by atoms with Crippen molar-refractivity contribution in [1.29, 1.82) is 0 Å². The summed E-state index contributed by atoms with van der Waals surface area (Å²) in [5.74, 6) is 0.417. The molecule has 2 rings (SSSR count). The molecule has 0 unspecified atom stereocenters. The van der Waals surface area contributed by atoms with E-state index in [2.05, 4.69) is 19.2 Å². The second kappa shape index (κ2) is 5.91. The highest BCUT2D eigenvalue weighted by Gasteiger charge is 2.09. The zero-order valence-electron chi connectivity index (χ0n) is 12.5. The Balaban J connectivity index is 2.18. The maximum Gasteiger partial charge on any atom is 0.255 e. The quantitative estimate of drug-likeness (QED) is 0.859. The molecule has 0 radical (unpaired) electrons. The summed E-state index contributed by atoms with van der Waals surface area (Å²) in [7, 11) is 0. The van der Waals surface area contributed by atoms with E-state index < -0.39 is 0 Å². The normalized spacial score (nSPS) is 10.7. The fourth-order valence-electron chi connectivity index (χ4n) is 2.10. The van der Waals surface area contributed by atoms with Crippen LogP contribution in [0.2, 0.25) is 0 Å². The molecule has 0 heterocycles. The van der Waals surface area contributed by atoms with Crippen LogP contribution >= 0.6 is 0 Å². The number of rotatable bonds is 3. The van der Waals surface area contributed by atoms with Gasteiger partial charge in [0.25, 0.3) is 5.91 Å². The Bertz CT molecular complexity index is 612. The summed E-state index contributed by atoms with van der Waals surface area (Å²) in [4.78, 5) is 12.2. The van der Waals surface area contributed by atoms with Crippen LogP contribution in [0.4, 0.5) is 5.69 Å². The van der Waals surface area contributed by atoms with Gasteiger partial charge in [-0.05, 0) is 54.7 Å². The van der Waals surface area contributed by atoms with Crippen molar-refractivity contribution in [2.45, 2.75) is 33.6 Å². The van der Waals surface area contributed by atoms with Gasteiger partial charge >= 0.3 is 0 Å². The van der Waals surface area contributed by atoms with Gasteiger partial charge in [-0.2, -0.15) is 0 Å². The first-order valence-corrected chi connectivity index (χ1v) is 6.96. The number of aryl methyl sites for hydroxylation is 1. The zero-order chi connectivity index (χ0) is 14.7. The highest BCUT2D eigenvalue weighted by atomic mass is 16.1. The summed E-state index contributed by atoms with van der Waals surface area (Å²) >= 11 is 0. The Morgan fingerprint density at radius 1 is 1.00 bits per heavy atom. The van der Waals surface area contributed by atoms with Crippen LogP contribution in [0.25, 0.3) is 0 Å². The first kappa shape index (κ1) is 14.3. The predicted molar refractivity (Wildman–Crippen MR) is 84.4 cm³/mol. The van der Waals surface area contributed by atoms with Gasteiger partial charge < -0.3 is 5.32 Å². The van der Waals surface area contributed by atoms with Crippen LogP contribution in [-0.4, -0.2) is 5.91 Å². The number of hydrogen-bond acceptors (Lipinski definition) is 1. The van der Waals surface area contributed by atoms with Gasteiger partial charge in [0.05, 0.1) is 0 Å². The lowest BCUT2D eigenvalue weighted by molar-refractivity contribution is 0.102.